The van der Waals surface area contributed by atoms with Crippen LogP contribution in [0.25, 0.3) is 5.69 Å². The SMILES string of the molecule is CCC(Sc1c(=O)o[nH][n+]1-c1ccccc1)C(=O)Nc1sc2c(c1C#N)CCN(Cc1ccccc1)C2. The number of nitriles is 1. The molecular weight excluding hydrogens is 506 g/mol. The first kappa shape index (κ1) is 25.0. The molecule has 1 aliphatic heterocycles. The van der Waals surface area contributed by atoms with Crippen molar-refractivity contribution in [3.63, 3.8) is 0 Å². The number of anilines is 1. The molecule has 2 aromatic carbocycles. The van der Waals surface area contributed by atoms with E-state index in [4.69, 9.17) is 4.52 Å². The molecule has 1 amide bonds. The molecular formula is C27H26N5O3S2+. The minimum Gasteiger partial charge on any atom is -0.316 e. The van der Waals surface area contributed by atoms with Crippen LogP contribution in [-0.2, 0) is 24.3 Å². The number of thiophene rings is 1. The summed E-state index contributed by atoms with van der Waals surface area (Å²) in [5, 5.41) is 15.8. The average molecular weight is 533 g/mol. The molecule has 1 atom stereocenters. The van der Waals surface area contributed by atoms with Crippen molar-refractivity contribution in [2.75, 3.05) is 11.9 Å². The number of hydrogen-bond donors (Lipinski definition) is 2. The van der Waals surface area contributed by atoms with E-state index in [2.05, 4.69) is 33.7 Å². The Hall–Kier alpha value is -3.65. The second-order valence-electron chi connectivity index (χ2n) is 8.73. The van der Waals surface area contributed by atoms with E-state index >= 15 is 0 Å². The van der Waals surface area contributed by atoms with E-state index in [-0.39, 0.29) is 10.9 Å². The zero-order valence-corrected chi connectivity index (χ0v) is 21.9. The molecule has 1 unspecified atom stereocenters. The van der Waals surface area contributed by atoms with Gasteiger partial charge in [-0.3, -0.25) is 14.2 Å². The summed E-state index contributed by atoms with van der Waals surface area (Å²) in [5.74, 6) is -0.246. The van der Waals surface area contributed by atoms with Gasteiger partial charge in [-0.05, 0) is 45.7 Å². The molecule has 8 nitrogen and oxygen atoms in total. The predicted octanol–water partition coefficient (Wildman–Crippen LogP) is 4.25. The standard InChI is InChI=1S/C27H25N5O3S2/c1-2-22(37-26-27(34)35-30-32(26)19-11-7-4-8-12-19)24(33)29-25-21(15-28)20-13-14-31(17-23(20)36-25)16-18-9-5-3-6-10-18/h3-12,22H,2,13-14,16-17H2,1H3,(H-,29,30,33,34)/p+1. The van der Waals surface area contributed by atoms with Gasteiger partial charge in [0.1, 0.15) is 11.1 Å². The number of carbonyl (C=O) groups excluding carboxylic acids is 1. The quantitative estimate of drug-likeness (QED) is 0.260. The van der Waals surface area contributed by atoms with E-state index in [1.165, 1.54) is 21.6 Å². The van der Waals surface area contributed by atoms with E-state index in [9.17, 15) is 14.9 Å². The van der Waals surface area contributed by atoms with E-state index in [1.54, 1.807) is 0 Å². The third-order valence-corrected chi connectivity index (χ3v) is 8.81. The molecule has 0 spiro atoms. The Balaban J connectivity index is 1.32. The molecule has 0 fully saturated rings. The van der Waals surface area contributed by atoms with Gasteiger partial charge in [-0.25, -0.2) is 4.79 Å². The second-order valence-corrected chi connectivity index (χ2v) is 11.0. The fourth-order valence-electron chi connectivity index (χ4n) is 4.40. The van der Waals surface area contributed by atoms with E-state index < -0.39 is 10.9 Å². The van der Waals surface area contributed by atoms with Gasteiger partial charge >= 0.3 is 10.7 Å². The van der Waals surface area contributed by atoms with E-state index in [0.29, 0.717) is 17.0 Å². The first-order valence-electron chi connectivity index (χ1n) is 12.0. The van der Waals surface area contributed by atoms with Crippen LogP contribution in [0, 0.1) is 11.3 Å². The van der Waals surface area contributed by atoms with E-state index in [1.807, 2.05) is 55.5 Å². The Kier molecular flexibility index (Phi) is 7.55. The van der Waals surface area contributed by atoms with Crippen LogP contribution >= 0.6 is 23.1 Å². The Labute approximate surface area is 222 Å². The van der Waals surface area contributed by atoms with Crippen LogP contribution in [0.4, 0.5) is 5.00 Å². The molecule has 3 heterocycles. The molecule has 0 aliphatic carbocycles. The van der Waals surface area contributed by atoms with Crippen LogP contribution in [0.15, 0.2) is 75.0 Å². The fourth-order valence-corrected chi connectivity index (χ4v) is 6.63. The van der Waals surface area contributed by atoms with Crippen molar-refractivity contribution in [2.45, 2.75) is 43.1 Å². The van der Waals surface area contributed by atoms with E-state index in [0.717, 1.165) is 53.9 Å². The lowest BCUT2D eigenvalue weighted by molar-refractivity contribution is -0.704. The van der Waals surface area contributed by atoms with Crippen LogP contribution in [-0.4, -0.2) is 27.9 Å². The summed E-state index contributed by atoms with van der Waals surface area (Å²) in [6.45, 7) is 4.34. The summed E-state index contributed by atoms with van der Waals surface area (Å²) < 4.78 is 6.56. The van der Waals surface area contributed by atoms with Crippen molar-refractivity contribution in [2.24, 2.45) is 0 Å². The number of thioether (sulfide) groups is 1. The number of carbonyl (C=O) groups is 1. The molecule has 4 aromatic rings. The largest absolute Gasteiger partial charge is 0.442 e. The normalized spacial score (nSPS) is 14.1. The Morgan fingerprint density at radius 2 is 1.97 bits per heavy atom. The highest BCUT2D eigenvalue weighted by molar-refractivity contribution is 8.00. The zero-order chi connectivity index (χ0) is 25.8. The molecule has 0 radical (unpaired) electrons. The maximum Gasteiger partial charge on any atom is 0.442 e. The van der Waals surface area contributed by atoms with Gasteiger partial charge in [0.2, 0.25) is 11.6 Å². The number of nitrogens with one attached hydrogen (secondary N) is 2. The summed E-state index contributed by atoms with van der Waals surface area (Å²) in [4.78, 5) is 29.2. The number of nitrogens with zero attached hydrogens (tertiary/aromatic N) is 3. The first-order chi connectivity index (χ1) is 18.1. The molecule has 188 valence electrons. The van der Waals surface area contributed by atoms with Crippen LogP contribution < -0.4 is 15.6 Å². The maximum absolute atomic E-state index is 13.3. The lowest BCUT2D eigenvalue weighted by atomic mass is 10.0. The van der Waals surface area contributed by atoms with Crippen molar-refractivity contribution in [1.29, 1.82) is 5.26 Å². The first-order valence-corrected chi connectivity index (χ1v) is 13.7. The summed E-state index contributed by atoms with van der Waals surface area (Å²) in [7, 11) is 0. The molecule has 37 heavy (non-hydrogen) atoms. The number of H-pyrrole nitrogens is 1. The Bertz CT molecular complexity index is 1490. The molecule has 0 saturated heterocycles. The van der Waals surface area contributed by atoms with Crippen LogP contribution in [0.3, 0.4) is 0 Å². The minimum absolute atomic E-state index is 0.246. The lowest BCUT2D eigenvalue weighted by Crippen LogP contribution is -2.37. The number of amides is 1. The number of aromatic amines is 1. The topological polar surface area (TPSA) is 106 Å². The van der Waals surface area contributed by atoms with Crippen molar-refractivity contribution >= 4 is 34.0 Å². The maximum atomic E-state index is 13.3. The Morgan fingerprint density at radius 3 is 2.68 bits per heavy atom. The van der Waals surface area contributed by atoms with Crippen molar-refractivity contribution in [1.82, 2.24) is 10.2 Å². The van der Waals surface area contributed by atoms with Gasteiger partial charge in [-0.1, -0.05) is 55.5 Å². The van der Waals surface area contributed by atoms with Gasteiger partial charge in [0.15, 0.2) is 0 Å². The number of para-hydroxylation sites is 1. The minimum atomic E-state index is -0.547. The summed E-state index contributed by atoms with van der Waals surface area (Å²) in [6.07, 6.45) is 1.26. The number of benzene rings is 2. The van der Waals surface area contributed by atoms with Gasteiger partial charge in [0.05, 0.1) is 10.8 Å². The van der Waals surface area contributed by atoms with Crippen LogP contribution in [0.2, 0.25) is 0 Å². The third-order valence-electron chi connectivity index (χ3n) is 6.27. The fraction of sp³-hybridized carbons (Fsp3) is 0.259. The molecule has 0 saturated carbocycles. The second kappa shape index (κ2) is 11.2. The molecule has 5 rings (SSSR count). The predicted molar refractivity (Wildman–Crippen MR) is 143 cm³/mol. The summed E-state index contributed by atoms with van der Waals surface area (Å²) >= 11 is 2.62. The highest BCUT2D eigenvalue weighted by Crippen LogP contribution is 2.37. The third kappa shape index (κ3) is 5.39. The van der Waals surface area contributed by atoms with Gasteiger partial charge in [0, 0.05) is 36.6 Å². The molecule has 1 aliphatic rings. The zero-order valence-electron chi connectivity index (χ0n) is 20.3. The van der Waals surface area contributed by atoms with Gasteiger partial charge in [-0.15, -0.1) is 11.3 Å². The molecule has 10 heteroatoms. The van der Waals surface area contributed by atoms with Gasteiger partial charge < -0.3 is 5.32 Å². The molecule has 0 bridgehead atoms. The van der Waals surface area contributed by atoms with Crippen molar-refractivity contribution in [3.05, 3.63) is 92.7 Å². The Morgan fingerprint density at radius 1 is 1.24 bits per heavy atom. The van der Waals surface area contributed by atoms with Gasteiger partial charge in [0.25, 0.3) is 0 Å². The molecule has 2 aromatic heterocycles. The summed E-state index contributed by atoms with van der Waals surface area (Å²) in [5.41, 5.74) is 3.02. The highest BCUT2D eigenvalue weighted by Gasteiger charge is 2.32. The highest BCUT2D eigenvalue weighted by atomic mass is 32.2. The lowest BCUT2D eigenvalue weighted by Gasteiger charge is -2.26. The average Bonchev–Trinajstić information content (AvgIpc) is 3.46. The monoisotopic (exact) mass is 532 g/mol. The van der Waals surface area contributed by atoms with Crippen molar-refractivity contribution in [3.8, 4) is 11.8 Å². The van der Waals surface area contributed by atoms with Gasteiger partial charge in [-0.2, -0.15) is 5.26 Å². The number of hydrogen-bond acceptors (Lipinski definition) is 7. The smallest absolute Gasteiger partial charge is 0.316 e. The van der Waals surface area contributed by atoms with Crippen LogP contribution in [0.1, 0.15) is 34.9 Å². The number of rotatable bonds is 8. The number of aromatic nitrogens is 2. The summed E-state index contributed by atoms with van der Waals surface area (Å²) in [6, 6.07) is 21.9. The molecule has 2 N–H and O–H groups in total. The number of fused-ring (bicyclic) bond motifs is 1. The van der Waals surface area contributed by atoms with Crippen LogP contribution in [0.5, 0.6) is 0 Å². The van der Waals surface area contributed by atoms with Crippen molar-refractivity contribution < 1.29 is 14.0 Å².